The Bertz CT molecular complexity index is 706. The van der Waals surface area contributed by atoms with Crippen LogP contribution in [0, 0.1) is 26.6 Å². The van der Waals surface area contributed by atoms with Crippen molar-refractivity contribution in [2.75, 3.05) is 5.32 Å². The second-order valence-corrected chi connectivity index (χ2v) is 5.52. The van der Waals surface area contributed by atoms with Gasteiger partial charge in [0.2, 0.25) is 0 Å². The number of nitrogens with zero attached hydrogens (tertiary/aromatic N) is 1. The third-order valence-electron chi connectivity index (χ3n) is 3.25. The first kappa shape index (κ1) is 16.1. The lowest BCUT2D eigenvalue weighted by atomic mass is 10.1. The predicted molar refractivity (Wildman–Crippen MR) is 94.0 cm³/mol. The van der Waals surface area contributed by atoms with Crippen molar-refractivity contribution in [3.05, 3.63) is 64.5 Å². The second kappa shape index (κ2) is 7.13. The smallest absolute Gasteiger partial charge is 0.191 e. The molecule has 0 atom stereocenters. The van der Waals surface area contributed by atoms with Gasteiger partial charge in [0.15, 0.2) is 5.11 Å². The number of nitrogens with one attached hydrogen (secondary N) is 2. The molecule has 0 radical (unpaired) electrons. The van der Waals surface area contributed by atoms with E-state index in [0.717, 1.165) is 22.4 Å². The minimum atomic E-state index is -0.306. The van der Waals surface area contributed by atoms with Gasteiger partial charge < -0.3 is 5.32 Å². The molecular formula is C17H18FN3S. The summed E-state index contributed by atoms with van der Waals surface area (Å²) in [4.78, 5) is 0. The number of benzene rings is 2. The SMILES string of the molecule is Cc1ccc(/C=N/NC(=S)Nc2c(C)cccc2C)c(F)c1. The largest absolute Gasteiger partial charge is 0.331 e. The Morgan fingerprint density at radius 2 is 1.82 bits per heavy atom. The molecule has 0 bridgehead atoms. The molecule has 22 heavy (non-hydrogen) atoms. The third-order valence-corrected chi connectivity index (χ3v) is 3.44. The van der Waals surface area contributed by atoms with Crippen molar-refractivity contribution < 1.29 is 4.39 Å². The molecule has 2 aromatic rings. The molecule has 0 aliphatic heterocycles. The number of hydrogen-bond acceptors (Lipinski definition) is 2. The van der Waals surface area contributed by atoms with Crippen LogP contribution < -0.4 is 10.7 Å². The Morgan fingerprint density at radius 3 is 2.45 bits per heavy atom. The van der Waals surface area contributed by atoms with Crippen molar-refractivity contribution in [2.45, 2.75) is 20.8 Å². The summed E-state index contributed by atoms with van der Waals surface area (Å²) in [5, 5.41) is 7.43. The minimum absolute atomic E-state index is 0.306. The zero-order valence-electron chi connectivity index (χ0n) is 12.8. The van der Waals surface area contributed by atoms with Crippen molar-refractivity contribution in [2.24, 2.45) is 5.10 Å². The van der Waals surface area contributed by atoms with Gasteiger partial charge >= 0.3 is 0 Å². The molecule has 2 N–H and O–H groups in total. The van der Waals surface area contributed by atoms with Crippen LogP contribution in [-0.2, 0) is 0 Å². The van der Waals surface area contributed by atoms with E-state index in [1.165, 1.54) is 12.3 Å². The molecular weight excluding hydrogens is 297 g/mol. The molecule has 2 rings (SSSR count). The third kappa shape index (κ3) is 4.11. The number of hydrogen-bond donors (Lipinski definition) is 2. The highest BCUT2D eigenvalue weighted by Gasteiger charge is 2.03. The van der Waals surface area contributed by atoms with Gasteiger partial charge in [0, 0.05) is 11.3 Å². The van der Waals surface area contributed by atoms with Crippen molar-refractivity contribution in [1.82, 2.24) is 5.43 Å². The summed E-state index contributed by atoms with van der Waals surface area (Å²) in [5.41, 5.74) is 7.12. The molecule has 0 spiro atoms. The van der Waals surface area contributed by atoms with Gasteiger partial charge in [-0.3, -0.25) is 5.43 Å². The first-order chi connectivity index (χ1) is 10.5. The molecule has 5 heteroatoms. The average Bonchev–Trinajstić information content (AvgIpc) is 2.45. The maximum absolute atomic E-state index is 13.7. The Kier molecular flexibility index (Phi) is 5.22. The molecule has 0 aliphatic carbocycles. The highest BCUT2D eigenvalue weighted by atomic mass is 32.1. The first-order valence-electron chi connectivity index (χ1n) is 6.90. The molecule has 0 saturated heterocycles. The summed E-state index contributed by atoms with van der Waals surface area (Å²) in [6, 6.07) is 11.0. The van der Waals surface area contributed by atoms with E-state index in [1.807, 2.05) is 45.0 Å². The summed E-state index contributed by atoms with van der Waals surface area (Å²) >= 11 is 5.19. The normalized spacial score (nSPS) is 10.7. The quantitative estimate of drug-likeness (QED) is 0.509. The summed E-state index contributed by atoms with van der Waals surface area (Å²) in [7, 11) is 0. The fourth-order valence-corrected chi connectivity index (χ4v) is 2.21. The number of rotatable bonds is 3. The topological polar surface area (TPSA) is 36.4 Å². The zero-order valence-corrected chi connectivity index (χ0v) is 13.6. The first-order valence-corrected chi connectivity index (χ1v) is 7.30. The van der Waals surface area contributed by atoms with Crippen LogP contribution in [0.4, 0.5) is 10.1 Å². The van der Waals surface area contributed by atoms with E-state index < -0.39 is 0 Å². The minimum Gasteiger partial charge on any atom is -0.331 e. The summed E-state index contributed by atoms with van der Waals surface area (Å²) in [6.07, 6.45) is 1.41. The molecule has 0 heterocycles. The van der Waals surface area contributed by atoms with Gasteiger partial charge in [-0.05, 0) is 55.7 Å². The van der Waals surface area contributed by atoms with E-state index in [0.29, 0.717) is 10.7 Å². The van der Waals surface area contributed by atoms with Crippen LogP contribution in [0.3, 0.4) is 0 Å². The van der Waals surface area contributed by atoms with Gasteiger partial charge in [0.1, 0.15) is 5.82 Å². The van der Waals surface area contributed by atoms with Crippen LogP contribution in [0.2, 0.25) is 0 Å². The van der Waals surface area contributed by atoms with E-state index in [1.54, 1.807) is 6.07 Å². The van der Waals surface area contributed by atoms with E-state index in [4.69, 9.17) is 12.2 Å². The van der Waals surface area contributed by atoms with Crippen LogP contribution in [-0.4, -0.2) is 11.3 Å². The zero-order chi connectivity index (χ0) is 16.1. The molecule has 2 aromatic carbocycles. The Balaban J connectivity index is 1.99. The van der Waals surface area contributed by atoms with Crippen LogP contribution in [0.25, 0.3) is 0 Å². The van der Waals surface area contributed by atoms with Crippen molar-refractivity contribution in [1.29, 1.82) is 0 Å². The van der Waals surface area contributed by atoms with E-state index in [-0.39, 0.29) is 5.82 Å². The summed E-state index contributed by atoms with van der Waals surface area (Å²) < 4.78 is 13.7. The van der Waals surface area contributed by atoms with Crippen molar-refractivity contribution in [3.63, 3.8) is 0 Å². The lowest BCUT2D eigenvalue weighted by Gasteiger charge is -2.12. The molecule has 114 valence electrons. The number of thiocarbonyl (C=S) groups is 1. The number of aryl methyl sites for hydroxylation is 3. The molecule has 0 aromatic heterocycles. The Hall–Kier alpha value is -2.27. The Morgan fingerprint density at radius 1 is 1.14 bits per heavy atom. The second-order valence-electron chi connectivity index (χ2n) is 5.12. The van der Waals surface area contributed by atoms with Crippen LogP contribution in [0.15, 0.2) is 41.5 Å². The van der Waals surface area contributed by atoms with Crippen LogP contribution >= 0.6 is 12.2 Å². The molecule has 0 unspecified atom stereocenters. The number of hydrazone groups is 1. The van der Waals surface area contributed by atoms with Gasteiger partial charge in [-0.15, -0.1) is 0 Å². The Labute approximate surface area is 135 Å². The summed E-state index contributed by atoms with van der Waals surface area (Å²) in [6.45, 7) is 5.84. The van der Waals surface area contributed by atoms with Crippen molar-refractivity contribution >= 4 is 29.2 Å². The van der Waals surface area contributed by atoms with Crippen molar-refractivity contribution in [3.8, 4) is 0 Å². The molecule has 3 nitrogen and oxygen atoms in total. The number of anilines is 1. The summed E-state index contributed by atoms with van der Waals surface area (Å²) in [5.74, 6) is -0.306. The van der Waals surface area contributed by atoms with E-state index >= 15 is 0 Å². The van der Waals surface area contributed by atoms with Gasteiger partial charge in [0.05, 0.1) is 6.21 Å². The maximum atomic E-state index is 13.7. The van der Waals surface area contributed by atoms with E-state index in [2.05, 4.69) is 15.8 Å². The highest BCUT2D eigenvalue weighted by molar-refractivity contribution is 7.80. The number of halogens is 1. The average molecular weight is 315 g/mol. The standard InChI is InChI=1S/C17H18FN3S/c1-11-7-8-14(15(18)9-11)10-19-21-17(22)20-16-12(2)5-4-6-13(16)3/h4-10H,1-3H3,(H2,20,21,22)/b19-10+. The van der Waals surface area contributed by atoms with Gasteiger partial charge in [0.25, 0.3) is 0 Å². The van der Waals surface area contributed by atoms with E-state index in [9.17, 15) is 4.39 Å². The number of para-hydroxylation sites is 1. The fourth-order valence-electron chi connectivity index (χ4n) is 2.05. The van der Waals surface area contributed by atoms with Gasteiger partial charge in [-0.25, -0.2) is 4.39 Å². The lowest BCUT2D eigenvalue weighted by Crippen LogP contribution is -2.24. The fraction of sp³-hybridized carbons (Fsp3) is 0.176. The van der Waals surface area contributed by atoms with Crippen LogP contribution in [0.1, 0.15) is 22.3 Å². The van der Waals surface area contributed by atoms with Gasteiger partial charge in [-0.1, -0.05) is 30.3 Å². The van der Waals surface area contributed by atoms with Gasteiger partial charge in [-0.2, -0.15) is 5.10 Å². The molecule has 0 aliphatic rings. The maximum Gasteiger partial charge on any atom is 0.191 e. The molecule has 0 saturated carbocycles. The monoisotopic (exact) mass is 315 g/mol. The highest BCUT2D eigenvalue weighted by Crippen LogP contribution is 2.19. The molecule has 0 fully saturated rings. The lowest BCUT2D eigenvalue weighted by molar-refractivity contribution is 0.624. The molecule has 0 amide bonds. The van der Waals surface area contributed by atoms with Crippen LogP contribution in [0.5, 0.6) is 0 Å². The predicted octanol–water partition coefficient (Wildman–Crippen LogP) is 4.07.